The zero-order valence-electron chi connectivity index (χ0n) is 21.1. The fraction of sp³-hybridized carbons (Fsp3) is 0.0278. The third-order valence-electron chi connectivity index (χ3n) is 7.71. The number of benzene rings is 4. The molecule has 0 fully saturated rings. The van der Waals surface area contributed by atoms with E-state index in [1.54, 1.807) is 18.3 Å². The molecule has 1 aliphatic rings. The van der Waals surface area contributed by atoms with Gasteiger partial charge in [-0.2, -0.15) is 5.26 Å². The van der Waals surface area contributed by atoms with Gasteiger partial charge >= 0.3 is 0 Å². The van der Waals surface area contributed by atoms with Crippen LogP contribution >= 0.6 is 0 Å². The molecule has 7 rings (SSSR count). The van der Waals surface area contributed by atoms with Crippen molar-refractivity contribution in [2.75, 3.05) is 0 Å². The van der Waals surface area contributed by atoms with Crippen LogP contribution in [-0.2, 0) is 5.41 Å². The highest BCUT2D eigenvalue weighted by Crippen LogP contribution is 2.56. The lowest BCUT2D eigenvalue weighted by Crippen LogP contribution is -2.28. The number of nitrogens with zero attached hydrogens (tertiary/aromatic N) is 3. The predicted molar refractivity (Wildman–Crippen MR) is 155 cm³/mol. The summed E-state index contributed by atoms with van der Waals surface area (Å²) in [6, 6.07) is 46.9. The summed E-state index contributed by atoms with van der Waals surface area (Å²) >= 11 is 0. The van der Waals surface area contributed by atoms with Crippen molar-refractivity contribution in [3.63, 3.8) is 0 Å². The number of pyridine rings is 2. The first-order chi connectivity index (χ1) is 19.3. The Hall–Kier alpha value is -5.33. The lowest BCUT2D eigenvalue weighted by atomic mass is 9.67. The molecule has 2 heterocycles. The van der Waals surface area contributed by atoms with Crippen LogP contribution in [0.5, 0.6) is 0 Å². The van der Waals surface area contributed by atoms with Gasteiger partial charge in [-0.15, -0.1) is 0 Å². The standard InChI is InChI=1S/C36H23N3/c37-23-25-19-20-38-35(21-25)34-18-16-27(24-39-34)26-15-17-31-30-13-7-8-14-32(30)36(33(31)22-26,28-9-3-1-4-10-28)29-11-5-2-6-12-29/h1-22,24H. The van der Waals surface area contributed by atoms with Gasteiger partial charge in [-0.3, -0.25) is 9.97 Å². The van der Waals surface area contributed by atoms with Gasteiger partial charge in [0.15, 0.2) is 0 Å². The van der Waals surface area contributed by atoms with Gasteiger partial charge < -0.3 is 0 Å². The molecule has 4 aromatic carbocycles. The molecular weight excluding hydrogens is 474 g/mol. The van der Waals surface area contributed by atoms with E-state index in [-0.39, 0.29) is 0 Å². The maximum absolute atomic E-state index is 9.25. The van der Waals surface area contributed by atoms with E-state index >= 15 is 0 Å². The van der Waals surface area contributed by atoms with Crippen LogP contribution in [0.1, 0.15) is 27.8 Å². The van der Waals surface area contributed by atoms with Crippen LogP contribution in [0.3, 0.4) is 0 Å². The van der Waals surface area contributed by atoms with Crippen molar-refractivity contribution in [3.05, 3.63) is 168 Å². The van der Waals surface area contributed by atoms with E-state index in [2.05, 4.69) is 120 Å². The van der Waals surface area contributed by atoms with Crippen LogP contribution < -0.4 is 0 Å². The van der Waals surface area contributed by atoms with E-state index in [4.69, 9.17) is 4.98 Å². The molecule has 3 nitrogen and oxygen atoms in total. The minimum atomic E-state index is -0.431. The summed E-state index contributed by atoms with van der Waals surface area (Å²) in [6.07, 6.45) is 3.54. The molecule has 3 heteroatoms. The van der Waals surface area contributed by atoms with Crippen LogP contribution in [0.4, 0.5) is 0 Å². The fourth-order valence-corrected chi connectivity index (χ4v) is 5.98. The summed E-state index contributed by atoms with van der Waals surface area (Å²) in [5, 5.41) is 9.25. The maximum Gasteiger partial charge on any atom is 0.0992 e. The van der Waals surface area contributed by atoms with Gasteiger partial charge in [0.1, 0.15) is 0 Å². The summed E-state index contributed by atoms with van der Waals surface area (Å²) < 4.78 is 0. The molecule has 0 N–H and O–H groups in total. The monoisotopic (exact) mass is 497 g/mol. The van der Waals surface area contributed by atoms with E-state index in [1.165, 1.54) is 33.4 Å². The first-order valence-electron chi connectivity index (χ1n) is 13.0. The summed E-state index contributed by atoms with van der Waals surface area (Å²) in [4.78, 5) is 9.12. The van der Waals surface area contributed by atoms with Gasteiger partial charge in [-0.25, -0.2) is 0 Å². The topological polar surface area (TPSA) is 49.6 Å². The van der Waals surface area contributed by atoms with Crippen molar-refractivity contribution in [2.45, 2.75) is 5.41 Å². The van der Waals surface area contributed by atoms with E-state index in [0.717, 1.165) is 16.8 Å². The zero-order chi connectivity index (χ0) is 26.2. The smallest absolute Gasteiger partial charge is 0.0992 e. The van der Waals surface area contributed by atoms with E-state index in [0.29, 0.717) is 11.3 Å². The van der Waals surface area contributed by atoms with E-state index < -0.39 is 5.41 Å². The Labute approximate surface area is 227 Å². The van der Waals surface area contributed by atoms with Gasteiger partial charge in [0.25, 0.3) is 0 Å². The van der Waals surface area contributed by atoms with Crippen LogP contribution in [0.15, 0.2) is 140 Å². The highest BCUT2D eigenvalue weighted by atomic mass is 14.8. The summed E-state index contributed by atoms with van der Waals surface area (Å²) in [5.41, 5.74) is 11.3. The number of fused-ring (bicyclic) bond motifs is 3. The summed E-state index contributed by atoms with van der Waals surface area (Å²) in [5.74, 6) is 0. The van der Waals surface area contributed by atoms with Crippen molar-refractivity contribution in [1.29, 1.82) is 5.26 Å². The molecule has 1 aliphatic carbocycles. The Bertz CT molecular complexity index is 1810. The van der Waals surface area contributed by atoms with Gasteiger partial charge in [-0.1, -0.05) is 103 Å². The number of hydrogen-bond acceptors (Lipinski definition) is 3. The lowest BCUT2D eigenvalue weighted by Gasteiger charge is -2.34. The molecule has 0 spiro atoms. The summed E-state index contributed by atoms with van der Waals surface area (Å²) in [7, 11) is 0. The second kappa shape index (κ2) is 9.20. The maximum atomic E-state index is 9.25. The van der Waals surface area contributed by atoms with Gasteiger partial charge in [0, 0.05) is 18.0 Å². The molecule has 6 aromatic rings. The van der Waals surface area contributed by atoms with Crippen molar-refractivity contribution in [3.8, 4) is 39.7 Å². The van der Waals surface area contributed by atoms with Crippen LogP contribution in [-0.4, -0.2) is 9.97 Å². The Morgan fingerprint density at radius 2 is 1.21 bits per heavy atom. The molecule has 39 heavy (non-hydrogen) atoms. The Morgan fingerprint density at radius 1 is 0.538 bits per heavy atom. The molecule has 0 saturated carbocycles. The van der Waals surface area contributed by atoms with Crippen LogP contribution in [0.25, 0.3) is 33.6 Å². The van der Waals surface area contributed by atoms with Crippen molar-refractivity contribution in [1.82, 2.24) is 9.97 Å². The summed E-state index contributed by atoms with van der Waals surface area (Å²) in [6.45, 7) is 0. The Balaban J connectivity index is 1.42. The highest BCUT2D eigenvalue weighted by molar-refractivity contribution is 5.88. The number of aromatic nitrogens is 2. The molecule has 0 amide bonds. The zero-order valence-corrected chi connectivity index (χ0v) is 21.1. The van der Waals surface area contributed by atoms with Crippen molar-refractivity contribution >= 4 is 0 Å². The quantitative estimate of drug-likeness (QED) is 0.247. The molecular formula is C36H23N3. The average Bonchev–Trinajstić information content (AvgIpc) is 3.32. The Morgan fingerprint density at radius 3 is 1.90 bits per heavy atom. The SMILES string of the molecule is N#Cc1ccnc(-c2ccc(-c3ccc4c(c3)C(c3ccccc3)(c3ccccc3)c3ccccc3-4)cn2)c1. The van der Waals surface area contributed by atoms with Gasteiger partial charge in [-0.05, 0) is 63.2 Å². The predicted octanol–water partition coefficient (Wildman–Crippen LogP) is 8.05. The molecule has 0 aliphatic heterocycles. The number of rotatable bonds is 4. The molecule has 2 aromatic heterocycles. The largest absolute Gasteiger partial charge is 0.255 e. The minimum Gasteiger partial charge on any atom is -0.255 e. The average molecular weight is 498 g/mol. The van der Waals surface area contributed by atoms with E-state index in [1.807, 2.05) is 12.3 Å². The van der Waals surface area contributed by atoms with Crippen molar-refractivity contribution < 1.29 is 0 Å². The normalized spacial score (nSPS) is 12.8. The highest BCUT2D eigenvalue weighted by Gasteiger charge is 2.45. The third kappa shape index (κ3) is 3.58. The minimum absolute atomic E-state index is 0.431. The first kappa shape index (κ1) is 22.8. The molecule has 0 atom stereocenters. The fourth-order valence-electron chi connectivity index (χ4n) is 5.98. The molecule has 0 radical (unpaired) electrons. The van der Waals surface area contributed by atoms with Gasteiger partial charge in [0.05, 0.1) is 28.4 Å². The second-order valence-electron chi connectivity index (χ2n) is 9.76. The molecule has 0 bridgehead atoms. The third-order valence-corrected chi connectivity index (χ3v) is 7.71. The number of nitriles is 1. The van der Waals surface area contributed by atoms with Crippen LogP contribution in [0, 0.1) is 11.3 Å². The van der Waals surface area contributed by atoms with Crippen LogP contribution in [0.2, 0.25) is 0 Å². The van der Waals surface area contributed by atoms with Crippen molar-refractivity contribution in [2.24, 2.45) is 0 Å². The number of hydrogen-bond donors (Lipinski definition) is 0. The first-order valence-corrected chi connectivity index (χ1v) is 13.0. The molecule has 0 unspecified atom stereocenters. The lowest BCUT2D eigenvalue weighted by molar-refractivity contribution is 0.769. The van der Waals surface area contributed by atoms with E-state index in [9.17, 15) is 5.26 Å². The van der Waals surface area contributed by atoms with Gasteiger partial charge in [0.2, 0.25) is 0 Å². The molecule has 182 valence electrons. The second-order valence-corrected chi connectivity index (χ2v) is 9.76. The Kier molecular flexibility index (Phi) is 5.39. The molecule has 0 saturated heterocycles.